The zero-order valence-corrected chi connectivity index (χ0v) is 12.0. The Kier molecular flexibility index (Phi) is 2.78. The van der Waals surface area contributed by atoms with E-state index in [2.05, 4.69) is 0 Å². The first-order valence-electron chi connectivity index (χ1n) is 7.81. The molecule has 0 N–H and O–H groups in total. The summed E-state index contributed by atoms with van der Waals surface area (Å²) >= 11 is 0. The molecular formula is C18H18O3. The van der Waals surface area contributed by atoms with E-state index in [9.17, 15) is 9.59 Å². The van der Waals surface area contributed by atoms with Gasteiger partial charge in [-0.15, -0.1) is 0 Å². The monoisotopic (exact) mass is 282 g/mol. The minimum atomic E-state index is -0.382. The van der Waals surface area contributed by atoms with Crippen LogP contribution in [0.25, 0.3) is 5.76 Å². The molecule has 3 nitrogen and oxygen atoms in total. The zero-order chi connectivity index (χ0) is 14.4. The van der Waals surface area contributed by atoms with Crippen molar-refractivity contribution in [3.05, 3.63) is 41.0 Å². The Labute approximate surface area is 124 Å². The highest BCUT2D eigenvalue weighted by atomic mass is 16.5. The number of rotatable bonds is 0. The second-order valence-electron chi connectivity index (χ2n) is 6.36. The van der Waals surface area contributed by atoms with Gasteiger partial charge in [-0.3, -0.25) is 9.59 Å². The van der Waals surface area contributed by atoms with Crippen LogP contribution in [-0.2, 0) is 9.53 Å². The van der Waals surface area contributed by atoms with Crippen molar-refractivity contribution < 1.29 is 14.3 Å². The predicted octanol–water partition coefficient (Wildman–Crippen LogP) is 3.68. The number of hydrogen-bond acceptors (Lipinski definition) is 3. The van der Waals surface area contributed by atoms with E-state index in [0.717, 1.165) is 24.8 Å². The summed E-state index contributed by atoms with van der Waals surface area (Å²) in [5.74, 6) is -0.0646. The van der Waals surface area contributed by atoms with Crippen LogP contribution < -0.4 is 0 Å². The fourth-order valence-corrected chi connectivity index (χ4v) is 3.92. The summed E-state index contributed by atoms with van der Waals surface area (Å²) < 4.78 is 6.37. The maximum absolute atomic E-state index is 12.3. The number of hydrogen-bond donors (Lipinski definition) is 0. The van der Waals surface area contributed by atoms with Gasteiger partial charge in [0.25, 0.3) is 0 Å². The van der Waals surface area contributed by atoms with Crippen molar-refractivity contribution in [3.63, 3.8) is 0 Å². The van der Waals surface area contributed by atoms with E-state index in [1.165, 1.54) is 19.3 Å². The third-order valence-corrected chi connectivity index (χ3v) is 5.08. The van der Waals surface area contributed by atoms with Crippen LogP contribution in [0.15, 0.2) is 29.8 Å². The van der Waals surface area contributed by atoms with Gasteiger partial charge in [-0.25, -0.2) is 0 Å². The Balaban J connectivity index is 1.81. The number of allylic oxidation sites excluding steroid dienone is 1. The molecule has 0 atom stereocenters. The molecule has 108 valence electrons. The summed E-state index contributed by atoms with van der Waals surface area (Å²) in [5.41, 5.74) is 1.79. The summed E-state index contributed by atoms with van der Waals surface area (Å²) in [7, 11) is 0. The van der Waals surface area contributed by atoms with Crippen LogP contribution >= 0.6 is 0 Å². The maximum atomic E-state index is 12.3. The lowest BCUT2D eigenvalue weighted by molar-refractivity contribution is -0.113. The molecule has 1 aromatic rings. The molecular weight excluding hydrogens is 264 g/mol. The zero-order valence-electron chi connectivity index (χ0n) is 12.0. The van der Waals surface area contributed by atoms with Gasteiger partial charge in [0, 0.05) is 16.7 Å². The van der Waals surface area contributed by atoms with Crippen molar-refractivity contribution in [2.75, 3.05) is 0 Å². The molecule has 0 bridgehead atoms. The van der Waals surface area contributed by atoms with E-state index in [1.807, 2.05) is 12.1 Å². The van der Waals surface area contributed by atoms with E-state index in [0.29, 0.717) is 23.3 Å². The Hall–Kier alpha value is -1.90. The standard InChI is InChI=1S/C18H18O3/c19-15-12-6-2-3-7-13(12)17-14(16(15)20)8-11-18(21-17)9-4-1-5-10-18/h2-3,6-7H,1,4-5,8-11H2. The lowest BCUT2D eigenvalue weighted by Crippen LogP contribution is -2.40. The number of ether oxygens (including phenoxy) is 1. The van der Waals surface area contributed by atoms with Crippen molar-refractivity contribution in [1.82, 2.24) is 0 Å². The maximum Gasteiger partial charge on any atom is 0.234 e. The molecule has 3 aliphatic rings. The molecule has 0 radical (unpaired) electrons. The second kappa shape index (κ2) is 4.55. The quantitative estimate of drug-likeness (QED) is 0.682. The molecule has 1 aromatic carbocycles. The van der Waals surface area contributed by atoms with E-state index >= 15 is 0 Å². The summed E-state index contributed by atoms with van der Waals surface area (Å²) in [4.78, 5) is 24.5. The van der Waals surface area contributed by atoms with Crippen molar-refractivity contribution in [3.8, 4) is 0 Å². The molecule has 4 rings (SSSR count). The predicted molar refractivity (Wildman–Crippen MR) is 78.8 cm³/mol. The third-order valence-electron chi connectivity index (χ3n) is 5.08. The second-order valence-corrected chi connectivity index (χ2v) is 6.36. The number of carbonyl (C=O) groups is 2. The summed E-state index contributed by atoms with van der Waals surface area (Å²) in [5, 5.41) is 0. The van der Waals surface area contributed by atoms with Crippen LogP contribution in [0, 0.1) is 0 Å². The minimum Gasteiger partial charge on any atom is -0.486 e. The SMILES string of the molecule is O=C1C(=O)c2ccccc2C2=C1CCC1(CCCCC1)O2. The van der Waals surface area contributed by atoms with E-state index in [4.69, 9.17) is 4.74 Å². The van der Waals surface area contributed by atoms with Gasteiger partial charge in [-0.2, -0.15) is 0 Å². The Morgan fingerprint density at radius 3 is 2.33 bits per heavy atom. The van der Waals surface area contributed by atoms with Gasteiger partial charge in [-0.05, 0) is 38.5 Å². The molecule has 0 saturated heterocycles. The van der Waals surface area contributed by atoms with Gasteiger partial charge in [0.2, 0.25) is 11.6 Å². The highest BCUT2D eigenvalue weighted by Gasteiger charge is 2.44. The van der Waals surface area contributed by atoms with Crippen molar-refractivity contribution >= 4 is 17.3 Å². The molecule has 1 spiro atoms. The fraction of sp³-hybridized carbons (Fsp3) is 0.444. The van der Waals surface area contributed by atoms with Gasteiger partial charge < -0.3 is 4.74 Å². The number of ketones is 2. The summed E-state index contributed by atoms with van der Waals surface area (Å²) in [6.07, 6.45) is 7.32. The molecule has 2 aliphatic carbocycles. The van der Waals surface area contributed by atoms with Crippen LogP contribution in [0.1, 0.15) is 60.9 Å². The topological polar surface area (TPSA) is 43.4 Å². The average molecular weight is 282 g/mol. The first kappa shape index (κ1) is 12.8. The highest BCUT2D eigenvalue weighted by molar-refractivity contribution is 6.52. The summed E-state index contributed by atoms with van der Waals surface area (Å²) in [6, 6.07) is 7.33. The van der Waals surface area contributed by atoms with Crippen molar-refractivity contribution in [2.45, 2.75) is 50.5 Å². The smallest absolute Gasteiger partial charge is 0.234 e. The van der Waals surface area contributed by atoms with E-state index in [1.54, 1.807) is 12.1 Å². The molecule has 1 saturated carbocycles. The van der Waals surface area contributed by atoms with Gasteiger partial charge in [0.05, 0.1) is 0 Å². The van der Waals surface area contributed by atoms with Crippen LogP contribution in [0.3, 0.4) is 0 Å². The average Bonchev–Trinajstić information content (AvgIpc) is 2.53. The Morgan fingerprint density at radius 1 is 0.857 bits per heavy atom. The van der Waals surface area contributed by atoms with Gasteiger partial charge in [0.15, 0.2) is 0 Å². The minimum absolute atomic E-state index is 0.106. The molecule has 21 heavy (non-hydrogen) atoms. The first-order chi connectivity index (χ1) is 10.2. The van der Waals surface area contributed by atoms with Crippen molar-refractivity contribution in [2.24, 2.45) is 0 Å². The molecule has 0 unspecified atom stereocenters. The van der Waals surface area contributed by atoms with Gasteiger partial charge in [0.1, 0.15) is 11.4 Å². The molecule has 1 heterocycles. The van der Waals surface area contributed by atoms with Crippen LogP contribution in [-0.4, -0.2) is 17.2 Å². The van der Waals surface area contributed by atoms with Crippen LogP contribution in [0.2, 0.25) is 0 Å². The number of benzene rings is 1. The lowest BCUT2D eigenvalue weighted by Gasteiger charge is -2.43. The molecule has 0 aromatic heterocycles. The Bertz CT molecular complexity index is 663. The largest absolute Gasteiger partial charge is 0.486 e. The van der Waals surface area contributed by atoms with Gasteiger partial charge >= 0.3 is 0 Å². The number of fused-ring (bicyclic) bond motifs is 2. The van der Waals surface area contributed by atoms with E-state index < -0.39 is 0 Å². The first-order valence-corrected chi connectivity index (χ1v) is 7.81. The molecule has 0 amide bonds. The highest BCUT2D eigenvalue weighted by Crippen LogP contribution is 2.46. The molecule has 1 aliphatic heterocycles. The van der Waals surface area contributed by atoms with Crippen molar-refractivity contribution in [1.29, 1.82) is 0 Å². The number of carbonyl (C=O) groups excluding carboxylic acids is 2. The third kappa shape index (κ3) is 1.87. The Morgan fingerprint density at radius 2 is 1.57 bits per heavy atom. The molecule has 1 fully saturated rings. The molecule has 3 heteroatoms. The lowest BCUT2D eigenvalue weighted by atomic mass is 9.76. The van der Waals surface area contributed by atoms with E-state index in [-0.39, 0.29) is 17.2 Å². The van der Waals surface area contributed by atoms with Crippen LogP contribution in [0.4, 0.5) is 0 Å². The fourth-order valence-electron chi connectivity index (χ4n) is 3.92. The van der Waals surface area contributed by atoms with Gasteiger partial charge in [-0.1, -0.05) is 30.7 Å². The normalized spacial score (nSPS) is 23.6. The van der Waals surface area contributed by atoms with Crippen LogP contribution in [0.5, 0.6) is 0 Å². The summed E-state index contributed by atoms with van der Waals surface area (Å²) in [6.45, 7) is 0. The number of Topliss-reactive ketones (excluding diaryl/α,β-unsaturated/α-hetero) is 2.